The van der Waals surface area contributed by atoms with Crippen molar-refractivity contribution in [2.24, 2.45) is 0 Å². The van der Waals surface area contributed by atoms with Gasteiger partial charge in [0.25, 0.3) is 0 Å². The van der Waals surface area contributed by atoms with E-state index in [1.165, 1.54) is 0 Å². The SMILES string of the molecule is Cl.Cl.O=C(CCc1nc2ccccc2o1)N1CCC(N2CCNCC2)C1. The number of carbonyl (C=O) groups is 1. The Morgan fingerprint density at radius 1 is 1.19 bits per heavy atom. The third-order valence-electron chi connectivity index (χ3n) is 5.07. The molecule has 2 fully saturated rings. The summed E-state index contributed by atoms with van der Waals surface area (Å²) in [5.74, 6) is 0.872. The summed E-state index contributed by atoms with van der Waals surface area (Å²) in [6.45, 7) is 6.04. The molecule has 8 heteroatoms. The first-order valence-electron chi connectivity index (χ1n) is 8.86. The number of nitrogens with zero attached hydrogens (tertiary/aromatic N) is 3. The second-order valence-corrected chi connectivity index (χ2v) is 6.64. The molecule has 0 radical (unpaired) electrons. The fraction of sp³-hybridized carbons (Fsp3) is 0.556. The smallest absolute Gasteiger partial charge is 0.223 e. The monoisotopic (exact) mass is 400 g/mol. The summed E-state index contributed by atoms with van der Waals surface area (Å²) in [5.41, 5.74) is 1.65. The van der Waals surface area contributed by atoms with Crippen molar-refractivity contribution in [1.82, 2.24) is 20.1 Å². The summed E-state index contributed by atoms with van der Waals surface area (Å²) in [4.78, 5) is 21.5. The number of nitrogens with one attached hydrogen (secondary N) is 1. The Kier molecular flexibility index (Phi) is 7.70. The highest BCUT2D eigenvalue weighted by atomic mass is 35.5. The highest BCUT2D eigenvalue weighted by Gasteiger charge is 2.30. The summed E-state index contributed by atoms with van der Waals surface area (Å²) in [6, 6.07) is 8.25. The molecule has 1 aromatic carbocycles. The molecule has 6 nitrogen and oxygen atoms in total. The van der Waals surface area contributed by atoms with Gasteiger partial charge in [-0.3, -0.25) is 9.69 Å². The van der Waals surface area contributed by atoms with Crippen LogP contribution in [0.15, 0.2) is 28.7 Å². The van der Waals surface area contributed by atoms with Crippen molar-refractivity contribution in [3.63, 3.8) is 0 Å². The molecular weight excluding hydrogens is 375 g/mol. The number of oxazole rings is 1. The number of carbonyl (C=O) groups excluding carboxylic acids is 1. The van der Waals surface area contributed by atoms with Crippen molar-refractivity contribution in [2.45, 2.75) is 25.3 Å². The summed E-state index contributed by atoms with van der Waals surface area (Å²) >= 11 is 0. The third-order valence-corrected chi connectivity index (χ3v) is 5.07. The molecule has 144 valence electrons. The maximum atomic E-state index is 12.5. The van der Waals surface area contributed by atoms with Crippen molar-refractivity contribution < 1.29 is 9.21 Å². The predicted octanol–water partition coefficient (Wildman–Crippen LogP) is 2.11. The average Bonchev–Trinajstić information content (AvgIpc) is 3.27. The maximum absolute atomic E-state index is 12.5. The van der Waals surface area contributed by atoms with Gasteiger partial charge in [-0.25, -0.2) is 4.98 Å². The Morgan fingerprint density at radius 3 is 2.73 bits per heavy atom. The van der Waals surface area contributed by atoms with Crippen LogP contribution in [0.4, 0.5) is 0 Å². The Labute approximate surface area is 166 Å². The number of amides is 1. The zero-order valence-corrected chi connectivity index (χ0v) is 16.4. The highest BCUT2D eigenvalue weighted by molar-refractivity contribution is 5.85. The molecule has 1 unspecified atom stereocenters. The van der Waals surface area contributed by atoms with E-state index in [9.17, 15) is 4.79 Å². The van der Waals surface area contributed by atoms with Gasteiger partial charge in [0.1, 0.15) is 5.52 Å². The van der Waals surface area contributed by atoms with Crippen LogP contribution in [0.5, 0.6) is 0 Å². The molecule has 2 aliphatic heterocycles. The number of para-hydroxylation sites is 2. The van der Waals surface area contributed by atoms with E-state index in [-0.39, 0.29) is 30.7 Å². The van der Waals surface area contributed by atoms with Crippen molar-refractivity contribution in [2.75, 3.05) is 39.3 Å². The van der Waals surface area contributed by atoms with Crippen LogP contribution in [-0.4, -0.2) is 66.0 Å². The number of rotatable bonds is 4. The summed E-state index contributed by atoms with van der Waals surface area (Å²) in [6.07, 6.45) is 2.14. The first-order valence-corrected chi connectivity index (χ1v) is 8.86. The van der Waals surface area contributed by atoms with Gasteiger partial charge in [0.2, 0.25) is 5.91 Å². The van der Waals surface area contributed by atoms with Crippen LogP contribution in [0.1, 0.15) is 18.7 Å². The second kappa shape index (κ2) is 9.55. The van der Waals surface area contributed by atoms with Crippen LogP contribution in [0.25, 0.3) is 11.1 Å². The van der Waals surface area contributed by atoms with Crippen LogP contribution in [0.2, 0.25) is 0 Å². The molecule has 2 aliphatic rings. The van der Waals surface area contributed by atoms with E-state index in [1.54, 1.807) is 0 Å². The summed E-state index contributed by atoms with van der Waals surface area (Å²) in [7, 11) is 0. The fourth-order valence-electron chi connectivity index (χ4n) is 3.71. The molecule has 1 N–H and O–H groups in total. The lowest BCUT2D eigenvalue weighted by molar-refractivity contribution is -0.130. The zero-order chi connectivity index (χ0) is 16.4. The number of hydrogen-bond acceptors (Lipinski definition) is 5. The van der Waals surface area contributed by atoms with Crippen molar-refractivity contribution in [3.05, 3.63) is 30.2 Å². The molecule has 1 atom stereocenters. The maximum Gasteiger partial charge on any atom is 0.223 e. The number of piperazine rings is 1. The van der Waals surface area contributed by atoms with Crippen LogP contribution >= 0.6 is 24.8 Å². The number of aromatic nitrogens is 1. The molecule has 2 aromatic rings. The Balaban J connectivity index is 0.00000121. The lowest BCUT2D eigenvalue weighted by atomic mass is 10.2. The van der Waals surface area contributed by atoms with Gasteiger partial charge in [-0.2, -0.15) is 0 Å². The Morgan fingerprint density at radius 2 is 1.96 bits per heavy atom. The van der Waals surface area contributed by atoms with Crippen LogP contribution < -0.4 is 5.32 Å². The topological polar surface area (TPSA) is 61.6 Å². The standard InChI is InChI=1S/C18H24N4O2.2ClH/c23-18(6-5-17-20-15-3-1-2-4-16(15)24-17)22-10-7-14(13-22)21-11-8-19-9-12-21;;/h1-4,14,19H,5-13H2;2*1H. The number of fused-ring (bicyclic) bond motifs is 1. The first kappa shape index (κ1) is 21.0. The molecule has 1 amide bonds. The lowest BCUT2D eigenvalue weighted by Crippen LogP contribution is -2.49. The van der Waals surface area contributed by atoms with Gasteiger partial charge in [0, 0.05) is 58.2 Å². The van der Waals surface area contributed by atoms with Gasteiger partial charge in [0.05, 0.1) is 0 Å². The lowest BCUT2D eigenvalue weighted by Gasteiger charge is -2.32. The van der Waals surface area contributed by atoms with E-state index in [1.807, 2.05) is 29.2 Å². The van der Waals surface area contributed by atoms with E-state index < -0.39 is 0 Å². The third kappa shape index (κ3) is 4.68. The van der Waals surface area contributed by atoms with Crippen LogP contribution in [0.3, 0.4) is 0 Å². The van der Waals surface area contributed by atoms with Gasteiger partial charge in [-0.1, -0.05) is 12.1 Å². The minimum absolute atomic E-state index is 0. The van der Waals surface area contributed by atoms with E-state index in [0.717, 1.165) is 56.8 Å². The molecular formula is C18H26Cl2N4O2. The molecule has 1 aromatic heterocycles. The van der Waals surface area contributed by atoms with Crippen LogP contribution in [0, 0.1) is 0 Å². The number of aryl methyl sites for hydroxylation is 1. The molecule has 3 heterocycles. The molecule has 0 aliphatic carbocycles. The quantitative estimate of drug-likeness (QED) is 0.851. The van der Waals surface area contributed by atoms with Gasteiger partial charge in [-0.15, -0.1) is 24.8 Å². The molecule has 0 saturated carbocycles. The van der Waals surface area contributed by atoms with E-state index >= 15 is 0 Å². The van der Waals surface area contributed by atoms with Crippen molar-refractivity contribution in [3.8, 4) is 0 Å². The minimum Gasteiger partial charge on any atom is -0.441 e. The van der Waals surface area contributed by atoms with Gasteiger partial charge >= 0.3 is 0 Å². The zero-order valence-electron chi connectivity index (χ0n) is 14.7. The van der Waals surface area contributed by atoms with E-state index in [4.69, 9.17) is 4.42 Å². The fourth-order valence-corrected chi connectivity index (χ4v) is 3.71. The van der Waals surface area contributed by atoms with Crippen LogP contribution in [-0.2, 0) is 11.2 Å². The molecule has 2 saturated heterocycles. The van der Waals surface area contributed by atoms with Gasteiger partial charge < -0.3 is 14.6 Å². The normalized spacial score (nSPS) is 20.6. The second-order valence-electron chi connectivity index (χ2n) is 6.64. The molecule has 0 spiro atoms. The summed E-state index contributed by atoms with van der Waals surface area (Å²) < 4.78 is 5.70. The molecule has 0 bridgehead atoms. The largest absolute Gasteiger partial charge is 0.441 e. The van der Waals surface area contributed by atoms with Gasteiger partial charge in [0.15, 0.2) is 11.5 Å². The molecule has 26 heavy (non-hydrogen) atoms. The first-order chi connectivity index (χ1) is 11.8. The number of hydrogen-bond donors (Lipinski definition) is 1. The summed E-state index contributed by atoms with van der Waals surface area (Å²) in [5, 5.41) is 3.38. The predicted molar refractivity (Wildman–Crippen MR) is 106 cm³/mol. The highest BCUT2D eigenvalue weighted by Crippen LogP contribution is 2.19. The number of halogens is 2. The van der Waals surface area contributed by atoms with E-state index in [2.05, 4.69) is 15.2 Å². The Bertz CT molecular complexity index is 685. The molecule has 4 rings (SSSR count). The minimum atomic E-state index is 0. The Hall–Kier alpha value is -1.34. The van der Waals surface area contributed by atoms with Crippen molar-refractivity contribution in [1.29, 1.82) is 0 Å². The van der Waals surface area contributed by atoms with E-state index in [0.29, 0.717) is 24.8 Å². The average molecular weight is 401 g/mol. The number of likely N-dealkylation sites (tertiary alicyclic amines) is 1. The van der Waals surface area contributed by atoms with Gasteiger partial charge in [-0.05, 0) is 18.6 Å². The number of benzene rings is 1. The van der Waals surface area contributed by atoms with Crippen molar-refractivity contribution >= 4 is 41.8 Å².